The Morgan fingerprint density at radius 2 is 2.00 bits per heavy atom. The van der Waals surface area contributed by atoms with E-state index in [1.54, 1.807) is 4.90 Å². The average molecular weight is 308 g/mol. The summed E-state index contributed by atoms with van der Waals surface area (Å²) in [5.74, 6) is 0.579. The molecule has 0 radical (unpaired) electrons. The Bertz CT molecular complexity index is 493. The minimum atomic E-state index is 0.0244. The second-order valence-electron chi connectivity index (χ2n) is 6.13. The quantitative estimate of drug-likeness (QED) is 0.774. The fourth-order valence-electron chi connectivity index (χ4n) is 2.56. The smallest absolute Gasteiger partial charge is 0.244 e. The zero-order valence-electron chi connectivity index (χ0n) is 13.5. The molecule has 0 aliphatic carbocycles. The summed E-state index contributed by atoms with van der Waals surface area (Å²) in [5.41, 5.74) is 0. The van der Waals surface area contributed by atoms with Gasteiger partial charge in [-0.05, 0) is 43.0 Å². The highest BCUT2D eigenvalue weighted by Gasteiger charge is 2.26. The molecular formula is C14H24N6O2. The molecule has 0 aromatic carbocycles. The number of rotatable bonds is 5. The van der Waals surface area contributed by atoms with Crippen molar-refractivity contribution in [3.63, 3.8) is 0 Å². The molecule has 1 fully saturated rings. The first-order chi connectivity index (χ1) is 10.5. The van der Waals surface area contributed by atoms with E-state index in [4.69, 9.17) is 0 Å². The number of aromatic nitrogens is 4. The first kappa shape index (κ1) is 16.4. The maximum Gasteiger partial charge on any atom is 0.244 e. The van der Waals surface area contributed by atoms with E-state index < -0.39 is 0 Å². The Kier molecular flexibility index (Phi) is 5.46. The fourth-order valence-corrected chi connectivity index (χ4v) is 2.56. The first-order valence-corrected chi connectivity index (χ1v) is 7.71. The van der Waals surface area contributed by atoms with Gasteiger partial charge >= 0.3 is 0 Å². The summed E-state index contributed by atoms with van der Waals surface area (Å²) in [7, 11) is 1.85. The average Bonchev–Trinajstić information content (AvgIpc) is 2.99. The lowest BCUT2D eigenvalue weighted by Gasteiger charge is -2.33. The molecule has 0 atom stereocenters. The van der Waals surface area contributed by atoms with Gasteiger partial charge in [-0.25, -0.2) is 4.68 Å². The number of piperidine rings is 1. The Morgan fingerprint density at radius 1 is 1.32 bits per heavy atom. The van der Waals surface area contributed by atoms with Crippen LogP contribution < -0.4 is 0 Å². The Labute approximate surface area is 130 Å². The molecule has 0 N–H and O–H groups in total. The van der Waals surface area contributed by atoms with Crippen molar-refractivity contribution in [2.45, 2.75) is 45.7 Å². The predicted molar refractivity (Wildman–Crippen MR) is 79.6 cm³/mol. The molecule has 2 rings (SSSR count). The van der Waals surface area contributed by atoms with Crippen LogP contribution in [0.25, 0.3) is 0 Å². The lowest BCUT2D eigenvalue weighted by Crippen LogP contribution is -2.42. The van der Waals surface area contributed by atoms with Crippen molar-refractivity contribution >= 4 is 11.8 Å². The summed E-state index contributed by atoms with van der Waals surface area (Å²) in [4.78, 5) is 27.8. The molecule has 2 heterocycles. The van der Waals surface area contributed by atoms with Crippen molar-refractivity contribution in [1.29, 1.82) is 0 Å². The number of hydrogen-bond donors (Lipinski definition) is 0. The predicted octanol–water partition coefficient (Wildman–Crippen LogP) is 0.169. The van der Waals surface area contributed by atoms with Gasteiger partial charge in [-0.3, -0.25) is 9.59 Å². The lowest BCUT2D eigenvalue weighted by atomic mass is 9.93. The molecule has 22 heavy (non-hydrogen) atoms. The van der Waals surface area contributed by atoms with E-state index in [9.17, 15) is 9.59 Å². The molecule has 1 aliphatic rings. The number of carbonyl (C=O) groups is 2. The summed E-state index contributed by atoms with van der Waals surface area (Å²) in [6.45, 7) is 5.59. The normalized spacial score (nSPS) is 16.1. The van der Waals surface area contributed by atoms with Crippen molar-refractivity contribution in [2.75, 3.05) is 20.1 Å². The third-order valence-electron chi connectivity index (χ3n) is 4.29. The van der Waals surface area contributed by atoms with Crippen molar-refractivity contribution in [3.8, 4) is 0 Å². The molecule has 0 saturated carbocycles. The highest BCUT2D eigenvalue weighted by molar-refractivity contribution is 5.77. The second kappa shape index (κ2) is 7.33. The van der Waals surface area contributed by atoms with Crippen LogP contribution in [0.15, 0.2) is 6.33 Å². The number of nitrogens with zero attached hydrogens (tertiary/aromatic N) is 6. The summed E-state index contributed by atoms with van der Waals surface area (Å²) < 4.78 is 1.43. The minimum absolute atomic E-state index is 0.0244. The van der Waals surface area contributed by atoms with Crippen LogP contribution in [-0.4, -0.2) is 68.0 Å². The number of carbonyl (C=O) groups excluding carboxylic acids is 2. The van der Waals surface area contributed by atoms with Gasteiger partial charge in [0.15, 0.2) is 0 Å². The van der Waals surface area contributed by atoms with Crippen molar-refractivity contribution in [2.24, 2.45) is 5.92 Å². The molecule has 2 amide bonds. The van der Waals surface area contributed by atoms with Gasteiger partial charge in [-0.1, -0.05) is 0 Å². The SMILES string of the molecule is CC(C)N(C)C(=O)CC1CCN(C(=O)Cn2cnnn2)CC1. The second-order valence-corrected chi connectivity index (χ2v) is 6.13. The van der Waals surface area contributed by atoms with Gasteiger partial charge in [0.2, 0.25) is 11.8 Å². The van der Waals surface area contributed by atoms with Crippen LogP contribution in [0, 0.1) is 5.92 Å². The van der Waals surface area contributed by atoms with Crippen LogP contribution in [0.5, 0.6) is 0 Å². The standard InChI is InChI=1S/C14H24N6O2/c1-11(2)18(3)13(21)8-12-4-6-19(7-5-12)14(22)9-20-10-15-16-17-20/h10-12H,4-9H2,1-3H3. The Balaban J connectivity index is 1.75. The maximum absolute atomic E-state index is 12.1. The fraction of sp³-hybridized carbons (Fsp3) is 0.786. The number of hydrogen-bond acceptors (Lipinski definition) is 5. The largest absolute Gasteiger partial charge is 0.343 e. The lowest BCUT2D eigenvalue weighted by molar-refractivity contribution is -0.134. The zero-order chi connectivity index (χ0) is 16.1. The van der Waals surface area contributed by atoms with Crippen LogP contribution in [0.3, 0.4) is 0 Å². The van der Waals surface area contributed by atoms with Gasteiger partial charge in [0.05, 0.1) is 0 Å². The van der Waals surface area contributed by atoms with E-state index in [-0.39, 0.29) is 24.4 Å². The Morgan fingerprint density at radius 3 is 2.55 bits per heavy atom. The van der Waals surface area contributed by atoms with Crippen molar-refractivity contribution in [1.82, 2.24) is 30.0 Å². The van der Waals surface area contributed by atoms with Crippen LogP contribution >= 0.6 is 0 Å². The Hall–Kier alpha value is -1.99. The van der Waals surface area contributed by atoms with E-state index >= 15 is 0 Å². The molecule has 1 aromatic heterocycles. The van der Waals surface area contributed by atoms with E-state index in [2.05, 4.69) is 15.5 Å². The van der Waals surface area contributed by atoms with E-state index in [1.807, 2.05) is 25.8 Å². The molecule has 0 unspecified atom stereocenters. The van der Waals surface area contributed by atoms with Crippen LogP contribution in [0.4, 0.5) is 0 Å². The monoisotopic (exact) mass is 308 g/mol. The third kappa shape index (κ3) is 4.25. The zero-order valence-corrected chi connectivity index (χ0v) is 13.5. The van der Waals surface area contributed by atoms with Crippen LogP contribution in [0.1, 0.15) is 33.1 Å². The first-order valence-electron chi connectivity index (χ1n) is 7.71. The summed E-state index contributed by atoms with van der Waals surface area (Å²) in [6, 6.07) is 0.227. The van der Waals surface area contributed by atoms with Crippen molar-refractivity contribution in [3.05, 3.63) is 6.33 Å². The van der Waals surface area contributed by atoms with Crippen molar-refractivity contribution < 1.29 is 9.59 Å². The molecule has 1 saturated heterocycles. The third-order valence-corrected chi connectivity index (χ3v) is 4.29. The van der Waals surface area contributed by atoms with Crippen LogP contribution in [-0.2, 0) is 16.1 Å². The van der Waals surface area contributed by atoms with E-state index in [0.717, 1.165) is 12.8 Å². The topological polar surface area (TPSA) is 84.2 Å². The number of likely N-dealkylation sites (tertiary alicyclic amines) is 1. The molecule has 0 spiro atoms. The summed E-state index contributed by atoms with van der Waals surface area (Å²) >= 11 is 0. The van der Waals surface area contributed by atoms with Crippen LogP contribution in [0.2, 0.25) is 0 Å². The summed E-state index contributed by atoms with van der Waals surface area (Å²) in [5, 5.41) is 10.7. The highest BCUT2D eigenvalue weighted by Crippen LogP contribution is 2.21. The van der Waals surface area contributed by atoms with E-state index in [1.165, 1.54) is 11.0 Å². The minimum Gasteiger partial charge on any atom is -0.343 e. The van der Waals surface area contributed by atoms with Gasteiger partial charge in [0.1, 0.15) is 12.9 Å². The molecule has 1 aromatic rings. The molecule has 1 aliphatic heterocycles. The van der Waals surface area contributed by atoms with Gasteiger partial charge in [0.25, 0.3) is 0 Å². The number of tetrazole rings is 1. The molecule has 8 nitrogen and oxygen atoms in total. The van der Waals surface area contributed by atoms with Gasteiger partial charge in [-0.15, -0.1) is 5.10 Å². The molecule has 122 valence electrons. The van der Waals surface area contributed by atoms with E-state index in [0.29, 0.717) is 25.4 Å². The molecular weight excluding hydrogens is 284 g/mol. The number of amides is 2. The van der Waals surface area contributed by atoms with Gasteiger partial charge < -0.3 is 9.80 Å². The maximum atomic E-state index is 12.1. The summed E-state index contributed by atoms with van der Waals surface area (Å²) in [6.07, 6.45) is 3.76. The molecule has 8 heteroatoms. The van der Waals surface area contributed by atoms with Gasteiger partial charge in [-0.2, -0.15) is 0 Å². The highest BCUT2D eigenvalue weighted by atomic mass is 16.2. The van der Waals surface area contributed by atoms with Gasteiger partial charge in [0, 0.05) is 32.6 Å². The molecule has 0 bridgehead atoms.